The first-order chi connectivity index (χ1) is 21.4. The fourth-order valence-corrected chi connectivity index (χ4v) is 6.96. The van der Waals surface area contributed by atoms with Crippen LogP contribution in [0.25, 0.3) is 11.1 Å². The smallest absolute Gasteiger partial charge is 0.240 e. The first kappa shape index (κ1) is 30.6. The van der Waals surface area contributed by atoms with Crippen molar-refractivity contribution in [2.24, 2.45) is 0 Å². The van der Waals surface area contributed by atoms with Crippen LogP contribution >= 0.6 is 0 Å². The molecule has 4 atom stereocenters. The van der Waals surface area contributed by atoms with Crippen LogP contribution in [0.3, 0.4) is 0 Å². The number of ether oxygens (including phenoxy) is 2. The van der Waals surface area contributed by atoms with Crippen LogP contribution in [0.2, 0.25) is 0 Å². The summed E-state index contributed by atoms with van der Waals surface area (Å²) in [4.78, 5) is 2.48. The standard InChI is InChI=1S/C35H38N2O6S/c38-24-25-10-12-27(13-11-25)34-20-31(23-37-19-18-30(39)22-37)42-35(43-34)28-16-14-26(15-17-28)33-9-5-4-6-29(33)21-36-44(40,41)32-7-2-1-3-8-32/h1-17,30-31,34-36,38-39H,18-24H2. The van der Waals surface area contributed by atoms with E-state index in [0.29, 0.717) is 19.5 Å². The van der Waals surface area contributed by atoms with Crippen LogP contribution in [0.1, 0.15) is 47.5 Å². The van der Waals surface area contributed by atoms with Crippen molar-refractivity contribution in [3.8, 4) is 11.1 Å². The van der Waals surface area contributed by atoms with Crippen LogP contribution in [-0.4, -0.2) is 55.4 Å². The van der Waals surface area contributed by atoms with E-state index in [1.54, 1.807) is 30.3 Å². The molecule has 3 N–H and O–H groups in total. The molecule has 6 rings (SSSR count). The Morgan fingerprint density at radius 3 is 2.25 bits per heavy atom. The Balaban J connectivity index is 1.20. The molecule has 4 unspecified atom stereocenters. The molecule has 44 heavy (non-hydrogen) atoms. The van der Waals surface area contributed by atoms with E-state index in [-0.39, 0.29) is 36.4 Å². The van der Waals surface area contributed by atoms with Crippen molar-refractivity contribution in [3.63, 3.8) is 0 Å². The molecule has 4 aromatic carbocycles. The maximum absolute atomic E-state index is 12.8. The molecule has 2 aliphatic heterocycles. The van der Waals surface area contributed by atoms with E-state index in [9.17, 15) is 18.6 Å². The molecule has 2 aliphatic rings. The molecule has 0 aromatic heterocycles. The Kier molecular flexibility index (Phi) is 9.53. The number of aliphatic hydroxyl groups is 2. The second-order valence-electron chi connectivity index (χ2n) is 11.5. The number of likely N-dealkylation sites (tertiary alicyclic amines) is 1. The van der Waals surface area contributed by atoms with Crippen LogP contribution < -0.4 is 4.72 Å². The van der Waals surface area contributed by atoms with E-state index < -0.39 is 16.3 Å². The van der Waals surface area contributed by atoms with Gasteiger partial charge in [-0.2, -0.15) is 0 Å². The number of rotatable bonds is 10. The van der Waals surface area contributed by atoms with Gasteiger partial charge in [0.25, 0.3) is 0 Å². The third-order valence-electron chi connectivity index (χ3n) is 8.34. The van der Waals surface area contributed by atoms with Crippen LogP contribution in [0.15, 0.2) is 108 Å². The summed E-state index contributed by atoms with van der Waals surface area (Å²) in [5.41, 5.74) is 5.53. The van der Waals surface area contributed by atoms with Crippen LogP contribution in [0, 0.1) is 0 Å². The number of nitrogens with zero attached hydrogens (tertiary/aromatic N) is 1. The molecule has 0 amide bonds. The number of sulfonamides is 1. The normalized spacial score (nSPS) is 22.7. The number of nitrogens with one attached hydrogen (secondary N) is 1. The Morgan fingerprint density at radius 2 is 1.55 bits per heavy atom. The average Bonchev–Trinajstić information content (AvgIpc) is 3.48. The van der Waals surface area contributed by atoms with Gasteiger partial charge in [0, 0.05) is 38.2 Å². The Hall–Kier alpha value is -3.41. The van der Waals surface area contributed by atoms with E-state index in [2.05, 4.69) is 9.62 Å². The van der Waals surface area contributed by atoms with E-state index >= 15 is 0 Å². The van der Waals surface area contributed by atoms with Gasteiger partial charge in [0.2, 0.25) is 10.0 Å². The first-order valence-corrected chi connectivity index (χ1v) is 16.5. The highest BCUT2D eigenvalue weighted by Gasteiger charge is 2.34. The van der Waals surface area contributed by atoms with Gasteiger partial charge in [-0.1, -0.05) is 91.0 Å². The van der Waals surface area contributed by atoms with E-state index in [4.69, 9.17) is 9.47 Å². The molecule has 2 fully saturated rings. The Labute approximate surface area is 258 Å². The molecule has 8 nitrogen and oxygen atoms in total. The molecule has 9 heteroatoms. The molecule has 4 aromatic rings. The average molecular weight is 615 g/mol. The van der Waals surface area contributed by atoms with Gasteiger partial charge in [-0.25, -0.2) is 13.1 Å². The van der Waals surface area contributed by atoms with Gasteiger partial charge < -0.3 is 19.7 Å². The molecule has 2 saturated heterocycles. The van der Waals surface area contributed by atoms with Crippen molar-refractivity contribution in [2.75, 3.05) is 19.6 Å². The molecular formula is C35H38N2O6S. The topological polar surface area (TPSA) is 108 Å². The van der Waals surface area contributed by atoms with Gasteiger partial charge in [0.05, 0.1) is 29.8 Å². The number of hydrogen-bond donors (Lipinski definition) is 3. The zero-order valence-corrected chi connectivity index (χ0v) is 25.3. The molecule has 0 spiro atoms. The summed E-state index contributed by atoms with van der Waals surface area (Å²) >= 11 is 0. The monoisotopic (exact) mass is 614 g/mol. The van der Waals surface area contributed by atoms with Gasteiger partial charge in [-0.3, -0.25) is 4.90 Å². The minimum absolute atomic E-state index is 0.00811. The van der Waals surface area contributed by atoms with E-state index in [1.807, 2.05) is 72.8 Å². The third-order valence-corrected chi connectivity index (χ3v) is 9.76. The van der Waals surface area contributed by atoms with Crippen molar-refractivity contribution >= 4 is 10.0 Å². The number of β-amino-alcohol motifs (C(OH)–C–C–N with tert-alkyl or cyclic N) is 1. The highest BCUT2D eigenvalue weighted by molar-refractivity contribution is 7.89. The first-order valence-electron chi connectivity index (χ1n) is 15.0. The minimum atomic E-state index is -3.64. The summed E-state index contributed by atoms with van der Waals surface area (Å²) in [6.07, 6.45) is 0.320. The summed E-state index contributed by atoms with van der Waals surface area (Å²) in [5, 5.41) is 19.5. The van der Waals surface area contributed by atoms with Crippen molar-refractivity contribution < 1.29 is 28.1 Å². The van der Waals surface area contributed by atoms with Crippen LogP contribution in [-0.2, 0) is 32.6 Å². The summed E-state index contributed by atoms with van der Waals surface area (Å²) in [6, 6.07) is 32.0. The van der Waals surface area contributed by atoms with E-state index in [1.165, 1.54) is 0 Å². The summed E-state index contributed by atoms with van der Waals surface area (Å²) < 4.78 is 41.4. The molecule has 0 radical (unpaired) electrons. The second-order valence-corrected chi connectivity index (χ2v) is 13.2. The molecule has 0 aliphatic carbocycles. The van der Waals surface area contributed by atoms with Crippen molar-refractivity contribution in [2.45, 2.75) is 55.5 Å². The van der Waals surface area contributed by atoms with Gasteiger partial charge in [-0.15, -0.1) is 0 Å². The third kappa shape index (κ3) is 7.27. The lowest BCUT2D eigenvalue weighted by Crippen LogP contribution is -2.38. The SMILES string of the molecule is O=S(=O)(NCc1ccccc1-c1ccc(C2OC(CN3CCC(O)C3)CC(c3ccc(CO)cc3)O2)cc1)c1ccccc1. The molecule has 0 saturated carbocycles. The molecule has 2 heterocycles. The Morgan fingerprint density at radius 1 is 0.841 bits per heavy atom. The molecule has 230 valence electrons. The Bertz CT molecular complexity index is 1630. The van der Waals surface area contributed by atoms with Crippen LogP contribution in [0.5, 0.6) is 0 Å². The lowest BCUT2D eigenvalue weighted by molar-refractivity contribution is -0.252. The predicted molar refractivity (Wildman–Crippen MR) is 168 cm³/mol. The van der Waals surface area contributed by atoms with Gasteiger partial charge >= 0.3 is 0 Å². The maximum Gasteiger partial charge on any atom is 0.240 e. The lowest BCUT2D eigenvalue weighted by Gasteiger charge is -2.38. The molecule has 0 bridgehead atoms. The van der Waals surface area contributed by atoms with Crippen LogP contribution in [0.4, 0.5) is 0 Å². The molecular weight excluding hydrogens is 576 g/mol. The van der Waals surface area contributed by atoms with Crippen molar-refractivity contribution in [1.82, 2.24) is 9.62 Å². The second kappa shape index (κ2) is 13.7. The fourth-order valence-electron chi connectivity index (χ4n) is 5.93. The lowest BCUT2D eigenvalue weighted by atomic mass is 9.97. The van der Waals surface area contributed by atoms with Gasteiger partial charge in [-0.05, 0) is 46.4 Å². The van der Waals surface area contributed by atoms with Crippen molar-refractivity contribution in [3.05, 3.63) is 125 Å². The maximum atomic E-state index is 12.8. The summed E-state index contributed by atoms with van der Waals surface area (Å²) in [5.74, 6) is 0. The zero-order chi connectivity index (χ0) is 30.5. The largest absolute Gasteiger partial charge is 0.392 e. The number of hydrogen-bond acceptors (Lipinski definition) is 7. The quantitative estimate of drug-likeness (QED) is 0.232. The van der Waals surface area contributed by atoms with E-state index in [0.717, 1.165) is 46.3 Å². The van der Waals surface area contributed by atoms with Gasteiger partial charge in [0.15, 0.2) is 6.29 Å². The summed E-state index contributed by atoms with van der Waals surface area (Å²) in [6.45, 7) is 2.36. The zero-order valence-electron chi connectivity index (χ0n) is 24.5. The minimum Gasteiger partial charge on any atom is -0.392 e. The highest BCUT2D eigenvalue weighted by atomic mass is 32.2. The van der Waals surface area contributed by atoms with Crippen molar-refractivity contribution in [1.29, 1.82) is 0 Å². The van der Waals surface area contributed by atoms with Gasteiger partial charge in [0.1, 0.15) is 0 Å². The predicted octanol–water partition coefficient (Wildman–Crippen LogP) is 4.94. The summed E-state index contributed by atoms with van der Waals surface area (Å²) in [7, 11) is -3.64. The number of benzene rings is 4. The number of aliphatic hydroxyl groups excluding tert-OH is 2. The fraction of sp³-hybridized carbons (Fsp3) is 0.314. The highest BCUT2D eigenvalue weighted by Crippen LogP contribution is 2.39.